The van der Waals surface area contributed by atoms with Crippen LogP contribution in [-0.4, -0.2) is 62.4 Å². The molecule has 178 valence electrons. The zero-order chi connectivity index (χ0) is 23.9. The van der Waals surface area contributed by atoms with E-state index in [0.29, 0.717) is 51.6 Å². The number of aryl methyl sites for hydroxylation is 2. The second-order valence-electron chi connectivity index (χ2n) is 8.42. The van der Waals surface area contributed by atoms with Crippen molar-refractivity contribution < 1.29 is 9.59 Å². The summed E-state index contributed by atoms with van der Waals surface area (Å²) >= 11 is 0. The van der Waals surface area contributed by atoms with Crippen LogP contribution in [0.2, 0.25) is 0 Å². The maximum Gasteiger partial charge on any atom is 0.225 e. The Kier molecular flexibility index (Phi) is 7.51. The molecule has 0 saturated heterocycles. The normalized spacial score (nSPS) is 14.9. The third kappa shape index (κ3) is 5.59. The zero-order valence-corrected chi connectivity index (χ0v) is 19.8. The van der Waals surface area contributed by atoms with Gasteiger partial charge in [0.2, 0.25) is 17.8 Å². The molecular weight excluding hydrogens is 430 g/mol. The van der Waals surface area contributed by atoms with E-state index in [4.69, 9.17) is 0 Å². The maximum atomic E-state index is 13.4. The molecule has 0 N–H and O–H groups in total. The topological polar surface area (TPSA) is 87.5 Å². The summed E-state index contributed by atoms with van der Waals surface area (Å²) in [4.78, 5) is 44.8. The van der Waals surface area contributed by atoms with Crippen LogP contribution in [0.4, 0.5) is 11.6 Å². The van der Waals surface area contributed by atoms with Crippen molar-refractivity contribution in [2.24, 2.45) is 0 Å². The molecule has 3 aromatic rings. The quantitative estimate of drug-likeness (QED) is 0.594. The average Bonchev–Trinajstić information content (AvgIpc) is 3.24. The van der Waals surface area contributed by atoms with Crippen LogP contribution in [0.1, 0.15) is 31.2 Å². The molecule has 9 heteroatoms. The Bertz CT molecular complexity index is 1120. The van der Waals surface area contributed by atoms with E-state index in [1.54, 1.807) is 31.6 Å². The first-order valence-corrected chi connectivity index (χ1v) is 11.7. The van der Waals surface area contributed by atoms with E-state index in [-0.39, 0.29) is 11.8 Å². The van der Waals surface area contributed by atoms with Crippen molar-refractivity contribution in [1.82, 2.24) is 24.4 Å². The molecule has 0 fully saturated rings. The second kappa shape index (κ2) is 10.9. The number of para-hydroxylation sites is 1. The Labute approximate surface area is 200 Å². The molecule has 1 aliphatic heterocycles. The van der Waals surface area contributed by atoms with Gasteiger partial charge in [-0.3, -0.25) is 9.59 Å². The number of nitrogens with zero attached hydrogens (tertiary/aromatic N) is 7. The Hall–Kier alpha value is -3.75. The highest BCUT2D eigenvalue weighted by atomic mass is 16.2. The van der Waals surface area contributed by atoms with Gasteiger partial charge in [0.25, 0.3) is 0 Å². The summed E-state index contributed by atoms with van der Waals surface area (Å²) in [5, 5.41) is 0. The molecule has 0 bridgehead atoms. The first-order chi connectivity index (χ1) is 16.5. The number of aromatic nitrogens is 4. The fraction of sp³-hybridized carbons (Fsp3) is 0.400. The highest BCUT2D eigenvalue weighted by Gasteiger charge is 2.23. The summed E-state index contributed by atoms with van der Waals surface area (Å²) < 4.78 is 1.99. The summed E-state index contributed by atoms with van der Waals surface area (Å²) in [5.41, 5.74) is 1.83. The predicted octanol–water partition coefficient (Wildman–Crippen LogP) is 2.66. The summed E-state index contributed by atoms with van der Waals surface area (Å²) in [6, 6.07) is 9.65. The van der Waals surface area contributed by atoms with Crippen molar-refractivity contribution in [3.63, 3.8) is 0 Å². The summed E-state index contributed by atoms with van der Waals surface area (Å²) in [5.74, 6) is 1.57. The smallest absolute Gasteiger partial charge is 0.225 e. The van der Waals surface area contributed by atoms with Gasteiger partial charge in [-0.15, -0.1) is 0 Å². The molecule has 0 unspecified atom stereocenters. The van der Waals surface area contributed by atoms with Gasteiger partial charge in [-0.1, -0.05) is 18.2 Å². The van der Waals surface area contributed by atoms with Gasteiger partial charge < -0.3 is 19.3 Å². The standard InChI is InChI=1S/C25H31N7O2/c1-20-26-12-16-29(20)15-9-24(34)31-18-17-30(25-27-10-5-11-28-25)13-6-14-32(21(2)33)23-8-4-3-7-22(23)19-31/h3-5,7-8,10-12,16H,6,9,13-15,17-19H2,1-2H3. The molecule has 1 aliphatic rings. The lowest BCUT2D eigenvalue weighted by atomic mass is 10.1. The van der Waals surface area contributed by atoms with E-state index < -0.39 is 0 Å². The summed E-state index contributed by atoms with van der Waals surface area (Å²) in [7, 11) is 0. The largest absolute Gasteiger partial charge is 0.339 e. The lowest BCUT2D eigenvalue weighted by Gasteiger charge is -2.28. The Morgan fingerprint density at radius 2 is 1.74 bits per heavy atom. The van der Waals surface area contributed by atoms with Crippen LogP contribution in [0, 0.1) is 6.92 Å². The van der Waals surface area contributed by atoms with Gasteiger partial charge >= 0.3 is 0 Å². The van der Waals surface area contributed by atoms with Crippen molar-refractivity contribution in [1.29, 1.82) is 0 Å². The third-order valence-corrected chi connectivity index (χ3v) is 6.15. The van der Waals surface area contributed by atoms with Crippen molar-refractivity contribution in [2.45, 2.75) is 39.8 Å². The number of amides is 2. The molecule has 3 heterocycles. The van der Waals surface area contributed by atoms with Crippen LogP contribution in [-0.2, 0) is 22.7 Å². The van der Waals surface area contributed by atoms with Crippen LogP contribution in [0.25, 0.3) is 0 Å². The average molecular weight is 462 g/mol. The SMILES string of the molecule is CC(=O)N1CCCN(c2ncccn2)CCN(C(=O)CCn2ccnc2C)Cc2ccccc21. The molecule has 9 nitrogen and oxygen atoms in total. The van der Waals surface area contributed by atoms with E-state index in [9.17, 15) is 9.59 Å². The van der Waals surface area contributed by atoms with Crippen molar-refractivity contribution in [3.05, 3.63) is 66.5 Å². The Balaban J connectivity index is 1.61. The molecule has 2 amide bonds. The van der Waals surface area contributed by atoms with Crippen LogP contribution in [0.3, 0.4) is 0 Å². The summed E-state index contributed by atoms with van der Waals surface area (Å²) in [6.07, 6.45) is 8.22. The monoisotopic (exact) mass is 461 g/mol. The number of fused-ring (bicyclic) bond motifs is 1. The minimum Gasteiger partial charge on any atom is -0.339 e. The van der Waals surface area contributed by atoms with E-state index >= 15 is 0 Å². The zero-order valence-electron chi connectivity index (χ0n) is 19.8. The van der Waals surface area contributed by atoms with Gasteiger partial charge in [0.1, 0.15) is 5.82 Å². The van der Waals surface area contributed by atoms with Crippen LogP contribution < -0.4 is 9.80 Å². The van der Waals surface area contributed by atoms with Crippen molar-refractivity contribution >= 4 is 23.5 Å². The molecule has 0 aliphatic carbocycles. The summed E-state index contributed by atoms with van der Waals surface area (Å²) in [6.45, 7) is 6.96. The number of benzene rings is 1. The van der Waals surface area contributed by atoms with E-state index in [2.05, 4.69) is 19.9 Å². The molecular formula is C25H31N7O2. The highest BCUT2D eigenvalue weighted by Crippen LogP contribution is 2.24. The first kappa shape index (κ1) is 23.4. The van der Waals surface area contributed by atoms with Gasteiger partial charge in [-0.05, 0) is 31.0 Å². The lowest BCUT2D eigenvalue weighted by Crippen LogP contribution is -2.39. The van der Waals surface area contributed by atoms with E-state index in [1.807, 2.05) is 51.8 Å². The van der Waals surface area contributed by atoms with Gasteiger partial charge in [0.15, 0.2) is 0 Å². The number of hydrogen-bond donors (Lipinski definition) is 0. The molecule has 0 radical (unpaired) electrons. The first-order valence-electron chi connectivity index (χ1n) is 11.7. The molecule has 4 rings (SSSR count). The van der Waals surface area contributed by atoms with Gasteiger partial charge in [-0.25, -0.2) is 15.0 Å². The van der Waals surface area contributed by atoms with Gasteiger partial charge in [-0.2, -0.15) is 0 Å². The number of imidazole rings is 1. The second-order valence-corrected chi connectivity index (χ2v) is 8.42. The predicted molar refractivity (Wildman–Crippen MR) is 130 cm³/mol. The van der Waals surface area contributed by atoms with Crippen LogP contribution >= 0.6 is 0 Å². The molecule has 0 atom stereocenters. The Morgan fingerprint density at radius 1 is 0.941 bits per heavy atom. The number of carbonyl (C=O) groups is 2. The van der Waals surface area contributed by atoms with E-state index in [1.165, 1.54) is 0 Å². The number of anilines is 2. The number of carbonyl (C=O) groups excluding carboxylic acids is 2. The fourth-order valence-corrected chi connectivity index (χ4v) is 4.29. The maximum absolute atomic E-state index is 13.4. The third-order valence-electron chi connectivity index (χ3n) is 6.15. The highest BCUT2D eigenvalue weighted by molar-refractivity contribution is 5.92. The molecule has 1 aromatic carbocycles. The molecule has 0 spiro atoms. The molecule has 0 saturated carbocycles. The molecule has 34 heavy (non-hydrogen) atoms. The minimum absolute atomic E-state index is 0.0114. The minimum atomic E-state index is -0.0114. The fourth-order valence-electron chi connectivity index (χ4n) is 4.29. The van der Waals surface area contributed by atoms with E-state index in [0.717, 1.165) is 23.5 Å². The van der Waals surface area contributed by atoms with Crippen LogP contribution in [0.15, 0.2) is 55.1 Å². The molecule has 2 aromatic heterocycles. The lowest BCUT2D eigenvalue weighted by molar-refractivity contribution is -0.132. The van der Waals surface area contributed by atoms with Crippen molar-refractivity contribution in [2.75, 3.05) is 36.0 Å². The number of rotatable bonds is 4. The van der Waals surface area contributed by atoms with Gasteiger partial charge in [0, 0.05) is 83.1 Å². The van der Waals surface area contributed by atoms with Crippen molar-refractivity contribution in [3.8, 4) is 0 Å². The van der Waals surface area contributed by atoms with Gasteiger partial charge in [0.05, 0.1) is 0 Å². The Morgan fingerprint density at radius 3 is 2.47 bits per heavy atom. The van der Waals surface area contributed by atoms with Crippen LogP contribution in [0.5, 0.6) is 0 Å². The number of hydrogen-bond acceptors (Lipinski definition) is 6.